The summed E-state index contributed by atoms with van der Waals surface area (Å²) in [5.41, 5.74) is 1.32. The van der Waals surface area contributed by atoms with Gasteiger partial charge in [-0.3, -0.25) is 0 Å². The molecule has 0 aliphatic rings. The number of esters is 1. The number of hydrogen-bond acceptors (Lipinski definition) is 5. The van der Waals surface area contributed by atoms with E-state index in [0.29, 0.717) is 22.5 Å². The zero-order chi connectivity index (χ0) is 17.8. The van der Waals surface area contributed by atoms with E-state index < -0.39 is 11.6 Å². The molecule has 1 aromatic heterocycles. The van der Waals surface area contributed by atoms with Crippen molar-refractivity contribution in [3.05, 3.63) is 82.2 Å². The second-order valence-corrected chi connectivity index (χ2v) is 5.30. The number of hydrogen-bond donors (Lipinski definition) is 0. The summed E-state index contributed by atoms with van der Waals surface area (Å²) in [6.07, 6.45) is 1.29. The second-order valence-electron chi connectivity index (χ2n) is 5.30. The van der Waals surface area contributed by atoms with Crippen LogP contribution in [0.4, 0.5) is 0 Å². The van der Waals surface area contributed by atoms with Crippen LogP contribution in [0.15, 0.2) is 69.9 Å². The lowest BCUT2D eigenvalue weighted by Crippen LogP contribution is -2.09. The fourth-order valence-electron chi connectivity index (χ4n) is 2.52. The Hall–Kier alpha value is -3.34. The normalized spacial score (nSPS) is 11.4. The molecule has 0 saturated carbocycles. The summed E-state index contributed by atoms with van der Waals surface area (Å²) in [6.45, 7) is 0. The lowest BCUT2D eigenvalue weighted by Gasteiger charge is -2.08. The fourth-order valence-corrected chi connectivity index (χ4v) is 2.52. The van der Waals surface area contributed by atoms with Gasteiger partial charge in [0.25, 0.3) is 0 Å². The van der Waals surface area contributed by atoms with Crippen LogP contribution in [-0.2, 0) is 9.53 Å². The van der Waals surface area contributed by atoms with Gasteiger partial charge in [0, 0.05) is 23.1 Å². The standard InChI is InChI=1S/C20H16O5/c1-23-15-9-8-14-10-17(20(22)25-18(14)11-15)16(12-19(21)24-2)13-6-4-3-5-7-13/h3-12H,1-2H3/b16-12+. The van der Waals surface area contributed by atoms with Gasteiger partial charge in [-0.25, -0.2) is 9.59 Å². The fraction of sp³-hybridized carbons (Fsp3) is 0.100. The van der Waals surface area contributed by atoms with Crippen molar-refractivity contribution in [2.24, 2.45) is 0 Å². The highest BCUT2D eigenvalue weighted by Gasteiger charge is 2.14. The van der Waals surface area contributed by atoms with Gasteiger partial charge in [0.05, 0.1) is 19.8 Å². The zero-order valence-corrected chi connectivity index (χ0v) is 13.8. The van der Waals surface area contributed by atoms with Crippen LogP contribution in [0.5, 0.6) is 5.75 Å². The highest BCUT2D eigenvalue weighted by molar-refractivity contribution is 5.97. The number of rotatable bonds is 4. The molecule has 0 spiro atoms. The summed E-state index contributed by atoms with van der Waals surface area (Å²) < 4.78 is 15.3. The monoisotopic (exact) mass is 336 g/mol. The molecule has 0 atom stereocenters. The number of ether oxygens (including phenoxy) is 2. The van der Waals surface area contributed by atoms with Crippen molar-refractivity contribution >= 4 is 22.5 Å². The molecule has 0 unspecified atom stereocenters. The molecule has 0 saturated heterocycles. The number of fused-ring (bicyclic) bond motifs is 1. The average Bonchev–Trinajstić information content (AvgIpc) is 2.65. The first-order chi connectivity index (χ1) is 12.1. The lowest BCUT2D eigenvalue weighted by atomic mass is 9.98. The summed E-state index contributed by atoms with van der Waals surface area (Å²) in [7, 11) is 2.83. The molecule has 0 N–H and O–H groups in total. The molecule has 3 aromatic rings. The summed E-state index contributed by atoms with van der Waals surface area (Å²) in [4.78, 5) is 24.3. The molecule has 0 amide bonds. The number of carbonyl (C=O) groups excluding carboxylic acids is 1. The molecule has 5 nitrogen and oxygen atoms in total. The molecule has 126 valence electrons. The Kier molecular flexibility index (Phi) is 4.66. The smallest absolute Gasteiger partial charge is 0.344 e. The number of methoxy groups -OCH3 is 2. The minimum absolute atomic E-state index is 0.286. The van der Waals surface area contributed by atoms with Crippen molar-refractivity contribution in [2.75, 3.05) is 14.2 Å². The highest BCUT2D eigenvalue weighted by atomic mass is 16.5. The van der Waals surface area contributed by atoms with Gasteiger partial charge in [0.1, 0.15) is 11.3 Å². The van der Waals surface area contributed by atoms with Crippen molar-refractivity contribution in [3.63, 3.8) is 0 Å². The van der Waals surface area contributed by atoms with E-state index in [1.54, 1.807) is 31.4 Å². The molecule has 0 radical (unpaired) electrons. The van der Waals surface area contributed by atoms with E-state index in [1.807, 2.05) is 30.3 Å². The van der Waals surface area contributed by atoms with E-state index in [1.165, 1.54) is 13.2 Å². The molecule has 0 aliphatic carbocycles. The first kappa shape index (κ1) is 16.5. The highest BCUT2D eigenvalue weighted by Crippen LogP contribution is 2.26. The molecular formula is C20H16O5. The van der Waals surface area contributed by atoms with Crippen molar-refractivity contribution in [1.29, 1.82) is 0 Å². The molecule has 1 heterocycles. The third-order valence-electron chi connectivity index (χ3n) is 3.78. The van der Waals surface area contributed by atoms with Gasteiger partial charge < -0.3 is 13.9 Å². The van der Waals surface area contributed by atoms with E-state index in [4.69, 9.17) is 13.9 Å². The van der Waals surface area contributed by atoms with Gasteiger partial charge in [-0.05, 0) is 23.8 Å². The molecule has 2 aromatic carbocycles. The molecule has 5 heteroatoms. The van der Waals surface area contributed by atoms with Crippen molar-refractivity contribution in [3.8, 4) is 5.75 Å². The molecular weight excluding hydrogens is 320 g/mol. The predicted octanol–water partition coefficient (Wildman–Crippen LogP) is 3.41. The zero-order valence-electron chi connectivity index (χ0n) is 13.8. The second kappa shape index (κ2) is 7.05. The lowest BCUT2D eigenvalue weighted by molar-refractivity contribution is -0.134. The SMILES string of the molecule is COC(=O)/C=C(\c1ccccc1)c1cc2ccc(OC)cc2oc1=O. The first-order valence-corrected chi connectivity index (χ1v) is 7.59. The van der Waals surface area contributed by atoms with Gasteiger partial charge in [0.15, 0.2) is 0 Å². The van der Waals surface area contributed by atoms with Crippen molar-refractivity contribution < 1.29 is 18.7 Å². The Morgan fingerprint density at radius 3 is 2.48 bits per heavy atom. The van der Waals surface area contributed by atoms with Gasteiger partial charge in [-0.15, -0.1) is 0 Å². The Balaban J connectivity index is 2.22. The van der Waals surface area contributed by atoms with Crippen LogP contribution < -0.4 is 10.4 Å². The van der Waals surface area contributed by atoms with E-state index in [9.17, 15) is 9.59 Å². The third kappa shape index (κ3) is 3.45. The van der Waals surface area contributed by atoms with Crippen molar-refractivity contribution in [2.45, 2.75) is 0 Å². The summed E-state index contributed by atoms with van der Waals surface area (Å²) in [6, 6.07) is 16.0. The molecule has 0 fully saturated rings. The van der Waals surface area contributed by atoms with Crippen LogP contribution in [0.1, 0.15) is 11.1 Å². The number of carbonyl (C=O) groups is 1. The van der Waals surface area contributed by atoms with Crippen molar-refractivity contribution in [1.82, 2.24) is 0 Å². The maximum absolute atomic E-state index is 12.5. The van der Waals surface area contributed by atoms with E-state index >= 15 is 0 Å². The third-order valence-corrected chi connectivity index (χ3v) is 3.78. The Morgan fingerprint density at radius 1 is 1.04 bits per heavy atom. The average molecular weight is 336 g/mol. The van der Waals surface area contributed by atoms with E-state index in [2.05, 4.69) is 0 Å². The van der Waals surface area contributed by atoms with Crippen LogP contribution >= 0.6 is 0 Å². The summed E-state index contributed by atoms with van der Waals surface area (Å²) in [5.74, 6) is 0.0462. The largest absolute Gasteiger partial charge is 0.497 e. The van der Waals surface area contributed by atoms with Crippen LogP contribution in [0.2, 0.25) is 0 Å². The van der Waals surface area contributed by atoms with Gasteiger partial charge in [-0.2, -0.15) is 0 Å². The van der Waals surface area contributed by atoms with Gasteiger partial charge >= 0.3 is 11.6 Å². The molecule has 0 aliphatic heterocycles. The van der Waals surface area contributed by atoms with Gasteiger partial charge in [-0.1, -0.05) is 30.3 Å². The maximum atomic E-state index is 12.5. The Bertz CT molecular complexity index is 1000. The van der Waals surface area contributed by atoms with Crippen LogP contribution in [-0.4, -0.2) is 20.2 Å². The summed E-state index contributed by atoms with van der Waals surface area (Å²) in [5, 5.41) is 0.724. The first-order valence-electron chi connectivity index (χ1n) is 7.59. The molecule has 3 rings (SSSR count). The quantitative estimate of drug-likeness (QED) is 0.415. The van der Waals surface area contributed by atoms with Crippen LogP contribution in [0.3, 0.4) is 0 Å². The van der Waals surface area contributed by atoms with Crippen LogP contribution in [0.25, 0.3) is 16.5 Å². The van der Waals surface area contributed by atoms with Gasteiger partial charge in [0.2, 0.25) is 0 Å². The molecule has 0 bridgehead atoms. The Morgan fingerprint density at radius 2 is 1.80 bits per heavy atom. The maximum Gasteiger partial charge on any atom is 0.344 e. The minimum Gasteiger partial charge on any atom is -0.497 e. The Labute approximate surface area is 144 Å². The van der Waals surface area contributed by atoms with E-state index in [0.717, 1.165) is 5.39 Å². The van der Waals surface area contributed by atoms with E-state index in [-0.39, 0.29) is 5.56 Å². The topological polar surface area (TPSA) is 65.7 Å². The molecule has 25 heavy (non-hydrogen) atoms. The number of benzene rings is 2. The predicted molar refractivity (Wildman–Crippen MR) is 94.6 cm³/mol. The summed E-state index contributed by atoms with van der Waals surface area (Å²) >= 11 is 0. The minimum atomic E-state index is -0.548. The van der Waals surface area contributed by atoms with Crippen LogP contribution in [0, 0.1) is 0 Å².